The lowest BCUT2D eigenvalue weighted by atomic mass is 10.4. The minimum atomic E-state index is 0.616. The van der Waals surface area contributed by atoms with Crippen LogP contribution < -0.4 is 5.32 Å². The molecule has 70 valence electrons. The van der Waals surface area contributed by atoms with Gasteiger partial charge in [0.2, 0.25) is 0 Å². The molecule has 4 heteroatoms. The van der Waals surface area contributed by atoms with Crippen molar-refractivity contribution in [2.24, 2.45) is 0 Å². The highest BCUT2D eigenvalue weighted by atomic mass is 32.1. The van der Waals surface area contributed by atoms with Crippen molar-refractivity contribution >= 4 is 17.3 Å². The minimum Gasteiger partial charge on any atom is -0.357 e. The molecule has 0 bridgehead atoms. The van der Waals surface area contributed by atoms with Crippen molar-refractivity contribution in [1.29, 1.82) is 0 Å². The Labute approximate surface area is 83.4 Å². The van der Waals surface area contributed by atoms with Gasteiger partial charge in [-0.1, -0.05) is 6.08 Å². The molecule has 1 rings (SSSR count). The third-order valence-electron chi connectivity index (χ3n) is 1.60. The molecule has 1 heterocycles. The van der Waals surface area contributed by atoms with E-state index in [4.69, 9.17) is 12.2 Å². The molecule has 0 spiro atoms. The van der Waals surface area contributed by atoms with Crippen LogP contribution in [0.3, 0.4) is 0 Å². The average Bonchev–Trinajstić information content (AvgIpc) is 2.41. The van der Waals surface area contributed by atoms with E-state index in [1.165, 1.54) is 0 Å². The van der Waals surface area contributed by atoms with E-state index in [1.807, 2.05) is 19.9 Å². The van der Waals surface area contributed by atoms with Crippen molar-refractivity contribution in [2.75, 3.05) is 6.54 Å². The Balaban J connectivity index is 2.76. The summed E-state index contributed by atoms with van der Waals surface area (Å²) in [5, 5.41) is 7.87. The third-order valence-corrected chi connectivity index (χ3v) is 1.92. The van der Waals surface area contributed by atoms with Gasteiger partial charge >= 0.3 is 0 Å². The monoisotopic (exact) mass is 195 g/mol. The first-order chi connectivity index (χ1) is 6.15. The van der Waals surface area contributed by atoms with Crippen LogP contribution in [0.25, 0.3) is 0 Å². The lowest BCUT2D eigenvalue weighted by Gasteiger charge is -2.06. The maximum absolute atomic E-state index is 5.13. The molecule has 0 aliphatic rings. The molecule has 0 saturated heterocycles. The van der Waals surface area contributed by atoms with E-state index in [0.29, 0.717) is 11.7 Å². The lowest BCUT2D eigenvalue weighted by molar-refractivity contribution is 0.844. The Kier molecular flexibility index (Phi) is 3.19. The molecule has 1 aromatic heterocycles. The fourth-order valence-corrected chi connectivity index (χ4v) is 1.34. The van der Waals surface area contributed by atoms with Gasteiger partial charge in [0.1, 0.15) is 0 Å². The molecule has 0 aliphatic heterocycles. The average molecular weight is 195 g/mol. The molecule has 0 fully saturated rings. The van der Waals surface area contributed by atoms with Gasteiger partial charge in [-0.15, -0.1) is 6.58 Å². The Hall–Kier alpha value is -1.16. The van der Waals surface area contributed by atoms with Crippen LogP contribution in [0.2, 0.25) is 0 Å². The van der Waals surface area contributed by atoms with Crippen LogP contribution in [0, 0.1) is 13.8 Å². The van der Waals surface area contributed by atoms with Crippen molar-refractivity contribution in [3.8, 4) is 0 Å². The highest BCUT2D eigenvalue weighted by Crippen LogP contribution is 2.00. The first kappa shape index (κ1) is 9.92. The number of hydrogen-bond acceptors (Lipinski definition) is 2. The van der Waals surface area contributed by atoms with Crippen molar-refractivity contribution < 1.29 is 0 Å². The Morgan fingerprint density at radius 2 is 2.46 bits per heavy atom. The summed E-state index contributed by atoms with van der Waals surface area (Å²) in [7, 11) is 0. The van der Waals surface area contributed by atoms with Crippen molar-refractivity contribution in [3.63, 3.8) is 0 Å². The zero-order chi connectivity index (χ0) is 9.84. The number of thiocarbonyl (C=S) groups is 1. The van der Waals surface area contributed by atoms with Crippen LogP contribution in [-0.2, 0) is 0 Å². The zero-order valence-corrected chi connectivity index (χ0v) is 8.69. The second kappa shape index (κ2) is 4.18. The summed E-state index contributed by atoms with van der Waals surface area (Å²) in [6.07, 6.45) is 1.76. The summed E-state index contributed by atoms with van der Waals surface area (Å²) >= 11 is 5.13. The van der Waals surface area contributed by atoms with Gasteiger partial charge in [0, 0.05) is 12.2 Å². The Morgan fingerprint density at radius 3 is 2.92 bits per heavy atom. The summed E-state index contributed by atoms with van der Waals surface area (Å²) in [5.74, 6) is 0. The molecule has 13 heavy (non-hydrogen) atoms. The zero-order valence-electron chi connectivity index (χ0n) is 7.87. The standard InChI is InChI=1S/C9H13N3S/c1-4-5-10-9(13)12-8(3)6-7(2)11-12/h4,6H,1,5H2,2-3H3,(H,10,13). The van der Waals surface area contributed by atoms with Crippen LogP contribution in [0.5, 0.6) is 0 Å². The number of aryl methyl sites for hydroxylation is 2. The number of nitrogens with one attached hydrogen (secondary N) is 1. The van der Waals surface area contributed by atoms with E-state index in [1.54, 1.807) is 10.8 Å². The molecule has 0 aliphatic carbocycles. The van der Waals surface area contributed by atoms with Gasteiger partial charge in [-0.25, -0.2) is 4.68 Å². The van der Waals surface area contributed by atoms with Gasteiger partial charge < -0.3 is 5.32 Å². The predicted molar refractivity (Wildman–Crippen MR) is 57.9 cm³/mol. The smallest absolute Gasteiger partial charge is 0.194 e. The fraction of sp³-hybridized carbons (Fsp3) is 0.333. The second-order valence-corrected chi connectivity index (χ2v) is 3.20. The van der Waals surface area contributed by atoms with E-state index >= 15 is 0 Å². The van der Waals surface area contributed by atoms with E-state index in [-0.39, 0.29) is 0 Å². The Bertz CT molecular complexity index is 328. The van der Waals surface area contributed by atoms with E-state index in [2.05, 4.69) is 17.0 Å². The van der Waals surface area contributed by atoms with E-state index < -0.39 is 0 Å². The molecule has 0 unspecified atom stereocenters. The summed E-state index contributed by atoms with van der Waals surface area (Å²) in [6, 6.07) is 1.99. The van der Waals surface area contributed by atoms with Crippen molar-refractivity contribution in [2.45, 2.75) is 13.8 Å². The van der Waals surface area contributed by atoms with Gasteiger partial charge in [0.05, 0.1) is 5.69 Å². The van der Waals surface area contributed by atoms with Gasteiger partial charge in [0.25, 0.3) is 0 Å². The molecule has 0 radical (unpaired) electrons. The van der Waals surface area contributed by atoms with Crippen LogP contribution in [0.4, 0.5) is 0 Å². The molecule has 1 aromatic rings. The van der Waals surface area contributed by atoms with Crippen LogP contribution in [-0.4, -0.2) is 21.4 Å². The second-order valence-electron chi connectivity index (χ2n) is 2.81. The fourth-order valence-electron chi connectivity index (χ4n) is 1.07. The molecule has 0 amide bonds. The normalized spacial score (nSPS) is 9.69. The van der Waals surface area contributed by atoms with Crippen molar-refractivity contribution in [1.82, 2.24) is 15.1 Å². The largest absolute Gasteiger partial charge is 0.357 e. The summed E-state index contributed by atoms with van der Waals surface area (Å²) in [5.41, 5.74) is 2.01. The van der Waals surface area contributed by atoms with Crippen LogP contribution >= 0.6 is 12.2 Å². The number of aromatic nitrogens is 2. The topological polar surface area (TPSA) is 29.9 Å². The molecular weight excluding hydrogens is 182 g/mol. The van der Waals surface area contributed by atoms with Gasteiger partial charge in [-0.3, -0.25) is 0 Å². The summed E-state index contributed by atoms with van der Waals surface area (Å²) in [6.45, 7) is 8.18. The number of rotatable bonds is 2. The molecule has 1 N–H and O–H groups in total. The molecule has 0 aromatic carbocycles. The summed E-state index contributed by atoms with van der Waals surface area (Å²) in [4.78, 5) is 0. The van der Waals surface area contributed by atoms with E-state index in [9.17, 15) is 0 Å². The highest BCUT2D eigenvalue weighted by Gasteiger charge is 2.04. The summed E-state index contributed by atoms with van der Waals surface area (Å²) < 4.78 is 1.72. The van der Waals surface area contributed by atoms with Gasteiger partial charge in [0.15, 0.2) is 5.11 Å². The molecular formula is C9H13N3S. The lowest BCUT2D eigenvalue weighted by Crippen LogP contribution is -2.29. The van der Waals surface area contributed by atoms with Crippen molar-refractivity contribution in [3.05, 3.63) is 30.1 Å². The number of nitrogens with zero attached hydrogens (tertiary/aromatic N) is 2. The van der Waals surface area contributed by atoms with E-state index in [0.717, 1.165) is 11.4 Å². The molecule has 3 nitrogen and oxygen atoms in total. The Morgan fingerprint density at radius 1 is 1.77 bits per heavy atom. The SMILES string of the molecule is C=CCNC(=S)n1nc(C)cc1C. The highest BCUT2D eigenvalue weighted by molar-refractivity contribution is 7.80. The van der Waals surface area contributed by atoms with Gasteiger partial charge in [-0.05, 0) is 32.1 Å². The van der Waals surface area contributed by atoms with Crippen LogP contribution in [0.15, 0.2) is 18.7 Å². The maximum atomic E-state index is 5.13. The number of hydrogen-bond donors (Lipinski definition) is 1. The quantitative estimate of drug-likeness (QED) is 0.571. The molecule has 0 atom stereocenters. The predicted octanol–water partition coefficient (Wildman–Crippen LogP) is 1.41. The first-order valence-corrected chi connectivity index (χ1v) is 4.48. The van der Waals surface area contributed by atoms with Gasteiger partial charge in [-0.2, -0.15) is 5.10 Å². The third kappa shape index (κ3) is 2.39. The minimum absolute atomic E-state index is 0.616. The maximum Gasteiger partial charge on any atom is 0.194 e. The van der Waals surface area contributed by atoms with Crippen LogP contribution in [0.1, 0.15) is 11.4 Å². The first-order valence-electron chi connectivity index (χ1n) is 4.07. The molecule has 0 saturated carbocycles.